The van der Waals surface area contributed by atoms with E-state index in [4.69, 9.17) is 14.2 Å². The fraction of sp³-hybridized carbons (Fsp3) is 0.333. The van der Waals surface area contributed by atoms with Gasteiger partial charge in [0.15, 0.2) is 0 Å². The van der Waals surface area contributed by atoms with E-state index in [1.54, 1.807) is 19.1 Å². The van der Waals surface area contributed by atoms with E-state index in [-0.39, 0.29) is 30.9 Å². The summed E-state index contributed by atoms with van der Waals surface area (Å²) in [6.07, 6.45) is -0.00128. The predicted molar refractivity (Wildman–Crippen MR) is 105 cm³/mol. The van der Waals surface area contributed by atoms with E-state index in [1.807, 2.05) is 48.5 Å². The summed E-state index contributed by atoms with van der Waals surface area (Å²) in [7, 11) is 3.19. The van der Waals surface area contributed by atoms with E-state index in [0.717, 1.165) is 17.0 Å². The van der Waals surface area contributed by atoms with Gasteiger partial charge in [-0.15, -0.1) is 0 Å². The van der Waals surface area contributed by atoms with Gasteiger partial charge in [0.2, 0.25) is 5.91 Å². The second-order valence-electron chi connectivity index (χ2n) is 6.47. The van der Waals surface area contributed by atoms with Crippen molar-refractivity contribution in [3.63, 3.8) is 0 Å². The minimum absolute atomic E-state index is 0.0176. The molecule has 0 radical (unpaired) electrons. The molecule has 0 bridgehead atoms. The number of carbonyl (C=O) groups is 2. The van der Waals surface area contributed by atoms with Crippen molar-refractivity contribution < 1.29 is 23.8 Å². The van der Waals surface area contributed by atoms with Crippen molar-refractivity contribution in [1.29, 1.82) is 0 Å². The van der Waals surface area contributed by atoms with Crippen LogP contribution in [0.1, 0.15) is 5.56 Å². The Labute approximate surface area is 164 Å². The first-order valence-electron chi connectivity index (χ1n) is 9.04. The Morgan fingerprint density at radius 1 is 1.14 bits per heavy atom. The molecule has 3 rings (SSSR count). The van der Waals surface area contributed by atoms with E-state index >= 15 is 0 Å². The van der Waals surface area contributed by atoms with Crippen LogP contribution >= 0.6 is 0 Å². The summed E-state index contributed by atoms with van der Waals surface area (Å²) in [6, 6.07) is 14.7. The maximum atomic E-state index is 12.2. The van der Waals surface area contributed by atoms with Crippen molar-refractivity contribution in [3.8, 4) is 11.5 Å². The molecule has 1 saturated heterocycles. The molecule has 1 aliphatic rings. The highest BCUT2D eigenvalue weighted by Crippen LogP contribution is 2.23. The highest BCUT2D eigenvalue weighted by Gasteiger charge is 2.27. The molecule has 1 unspecified atom stereocenters. The molecule has 1 N–H and O–H groups in total. The predicted octanol–water partition coefficient (Wildman–Crippen LogP) is 1.79. The van der Waals surface area contributed by atoms with Crippen LogP contribution in [0.3, 0.4) is 0 Å². The molecule has 7 heteroatoms. The monoisotopic (exact) mass is 384 g/mol. The summed E-state index contributed by atoms with van der Waals surface area (Å²) in [4.78, 5) is 26.1. The van der Waals surface area contributed by atoms with Crippen LogP contribution < -0.4 is 19.7 Å². The number of hydrogen-bond acceptors (Lipinski definition) is 5. The minimum Gasteiger partial charge on any atom is -0.497 e. The first-order chi connectivity index (χ1) is 13.6. The van der Waals surface area contributed by atoms with Gasteiger partial charge in [0.05, 0.1) is 33.3 Å². The third-order valence-electron chi connectivity index (χ3n) is 4.55. The van der Waals surface area contributed by atoms with Crippen LogP contribution in [0, 0.1) is 0 Å². The number of nitrogens with one attached hydrogen (secondary N) is 1. The highest BCUT2D eigenvalue weighted by molar-refractivity contribution is 5.95. The molecule has 2 aromatic rings. The smallest absolute Gasteiger partial charge is 0.253 e. The van der Waals surface area contributed by atoms with Gasteiger partial charge in [-0.1, -0.05) is 18.2 Å². The zero-order valence-electron chi connectivity index (χ0n) is 16.0. The lowest BCUT2D eigenvalue weighted by atomic mass is 10.1. The maximum absolute atomic E-state index is 12.2. The number of nitrogens with zero attached hydrogens (tertiary/aromatic N) is 1. The van der Waals surface area contributed by atoms with Gasteiger partial charge < -0.3 is 24.4 Å². The lowest BCUT2D eigenvalue weighted by Crippen LogP contribution is -2.50. The van der Waals surface area contributed by atoms with Crippen LogP contribution in [0.15, 0.2) is 48.5 Å². The van der Waals surface area contributed by atoms with Gasteiger partial charge in [0.1, 0.15) is 18.1 Å². The molecule has 2 aromatic carbocycles. The molecule has 1 atom stereocenters. The van der Waals surface area contributed by atoms with Crippen LogP contribution in [0.4, 0.5) is 5.69 Å². The Balaban J connectivity index is 1.53. The molecule has 0 saturated carbocycles. The number of hydrogen-bond donors (Lipinski definition) is 1. The SMILES string of the molecule is COc1ccc(CC(=O)NCC2CN(c3cccc(OC)c3)C(=O)CO2)cc1. The quantitative estimate of drug-likeness (QED) is 0.788. The molecule has 1 aliphatic heterocycles. The maximum Gasteiger partial charge on any atom is 0.253 e. The normalized spacial score (nSPS) is 16.6. The topological polar surface area (TPSA) is 77.1 Å². The van der Waals surface area contributed by atoms with Crippen LogP contribution in [-0.2, 0) is 20.7 Å². The van der Waals surface area contributed by atoms with Crippen LogP contribution in [0.25, 0.3) is 0 Å². The van der Waals surface area contributed by atoms with Gasteiger partial charge in [0.25, 0.3) is 5.91 Å². The Kier molecular flexibility index (Phi) is 6.49. The summed E-state index contributed by atoms with van der Waals surface area (Å²) < 4.78 is 15.9. The van der Waals surface area contributed by atoms with Crippen molar-refractivity contribution in [2.45, 2.75) is 12.5 Å². The van der Waals surface area contributed by atoms with Gasteiger partial charge in [-0.3, -0.25) is 9.59 Å². The molecule has 0 aromatic heterocycles. The molecule has 0 spiro atoms. The molecule has 1 heterocycles. The van der Waals surface area contributed by atoms with Gasteiger partial charge >= 0.3 is 0 Å². The second kappa shape index (κ2) is 9.23. The highest BCUT2D eigenvalue weighted by atomic mass is 16.5. The van der Waals surface area contributed by atoms with E-state index < -0.39 is 0 Å². The van der Waals surface area contributed by atoms with Gasteiger partial charge in [-0.05, 0) is 29.8 Å². The second-order valence-corrected chi connectivity index (χ2v) is 6.47. The molecule has 1 fully saturated rings. The number of methoxy groups -OCH3 is 2. The third kappa shape index (κ3) is 5.01. The van der Waals surface area contributed by atoms with Crippen LogP contribution in [-0.4, -0.2) is 51.8 Å². The molecule has 7 nitrogen and oxygen atoms in total. The number of rotatable bonds is 7. The summed E-state index contributed by atoms with van der Waals surface area (Å²) in [5.74, 6) is 1.22. The number of anilines is 1. The Hall–Kier alpha value is -3.06. The zero-order valence-corrected chi connectivity index (χ0v) is 16.0. The zero-order chi connectivity index (χ0) is 19.9. The average molecular weight is 384 g/mol. The third-order valence-corrected chi connectivity index (χ3v) is 4.55. The lowest BCUT2D eigenvalue weighted by Gasteiger charge is -2.33. The standard InChI is InChI=1S/C21H24N2O5/c1-26-17-8-6-15(7-9-17)10-20(24)22-12-19-13-23(21(25)14-28-19)16-4-3-5-18(11-16)27-2/h3-9,11,19H,10,12-14H2,1-2H3,(H,22,24). The van der Waals surface area contributed by atoms with Crippen molar-refractivity contribution in [3.05, 3.63) is 54.1 Å². The molecular formula is C21H24N2O5. The summed E-state index contributed by atoms with van der Waals surface area (Å²) in [5.41, 5.74) is 1.65. The number of ether oxygens (including phenoxy) is 3. The van der Waals surface area contributed by atoms with Gasteiger partial charge in [-0.25, -0.2) is 0 Å². The molecule has 0 aliphatic carbocycles. The summed E-state index contributed by atoms with van der Waals surface area (Å²) in [5, 5.41) is 2.88. The molecular weight excluding hydrogens is 360 g/mol. The Bertz CT molecular complexity index is 822. The van der Waals surface area contributed by atoms with E-state index in [2.05, 4.69) is 5.32 Å². The fourth-order valence-electron chi connectivity index (χ4n) is 3.00. The molecule has 2 amide bonds. The first-order valence-corrected chi connectivity index (χ1v) is 9.04. The number of morpholine rings is 1. The largest absolute Gasteiger partial charge is 0.497 e. The van der Waals surface area contributed by atoms with E-state index in [9.17, 15) is 9.59 Å². The number of amides is 2. The first kappa shape index (κ1) is 19.7. The number of carbonyl (C=O) groups excluding carboxylic acids is 2. The molecule has 28 heavy (non-hydrogen) atoms. The van der Waals surface area contributed by atoms with Crippen molar-refractivity contribution in [2.75, 3.05) is 38.8 Å². The minimum atomic E-state index is -0.274. The Morgan fingerprint density at radius 3 is 2.61 bits per heavy atom. The van der Waals surface area contributed by atoms with Crippen molar-refractivity contribution in [1.82, 2.24) is 5.32 Å². The average Bonchev–Trinajstić information content (AvgIpc) is 2.73. The van der Waals surface area contributed by atoms with Crippen molar-refractivity contribution >= 4 is 17.5 Å². The van der Waals surface area contributed by atoms with Crippen LogP contribution in [0.2, 0.25) is 0 Å². The van der Waals surface area contributed by atoms with Crippen LogP contribution in [0.5, 0.6) is 11.5 Å². The summed E-state index contributed by atoms with van der Waals surface area (Å²) >= 11 is 0. The fourth-order valence-corrected chi connectivity index (χ4v) is 3.00. The van der Waals surface area contributed by atoms with Gasteiger partial charge in [-0.2, -0.15) is 0 Å². The van der Waals surface area contributed by atoms with Gasteiger partial charge in [0, 0.05) is 18.3 Å². The lowest BCUT2D eigenvalue weighted by molar-refractivity contribution is -0.129. The Morgan fingerprint density at radius 2 is 1.89 bits per heavy atom. The van der Waals surface area contributed by atoms with E-state index in [1.165, 1.54) is 0 Å². The molecule has 148 valence electrons. The summed E-state index contributed by atoms with van der Waals surface area (Å²) in [6.45, 7) is 0.688. The number of benzene rings is 2. The van der Waals surface area contributed by atoms with E-state index in [0.29, 0.717) is 18.8 Å². The van der Waals surface area contributed by atoms with Crippen molar-refractivity contribution in [2.24, 2.45) is 0 Å².